The molecule has 8 nitrogen and oxygen atoms in total. The molecule has 0 bridgehead atoms. The van der Waals surface area contributed by atoms with E-state index in [-0.39, 0.29) is 41.7 Å². The fourth-order valence-corrected chi connectivity index (χ4v) is 9.91. The van der Waals surface area contributed by atoms with E-state index in [0.717, 1.165) is 54.8 Å². The summed E-state index contributed by atoms with van der Waals surface area (Å²) >= 11 is 1.55. The monoisotopic (exact) mass is 649 g/mol. The second kappa shape index (κ2) is 13.7. The molecular weight excluding hydrogens is 607 g/mol. The molecule has 45 heavy (non-hydrogen) atoms. The number of anilines is 1. The van der Waals surface area contributed by atoms with Crippen LogP contribution in [0.1, 0.15) is 101 Å². The molecule has 3 aromatic rings. The Balaban J connectivity index is 1.34. The van der Waals surface area contributed by atoms with E-state index in [9.17, 15) is 23.1 Å². The first-order valence-electron chi connectivity index (χ1n) is 16.3. The van der Waals surface area contributed by atoms with Crippen molar-refractivity contribution in [2.75, 3.05) is 23.1 Å². The predicted octanol–water partition coefficient (Wildman–Crippen LogP) is 6.34. The first-order valence-corrected chi connectivity index (χ1v) is 18.8. The van der Waals surface area contributed by atoms with E-state index < -0.39 is 16.1 Å². The molecule has 3 fully saturated rings. The fourth-order valence-electron chi connectivity index (χ4n) is 7.35. The van der Waals surface area contributed by atoms with Crippen LogP contribution in [0.4, 0.5) is 5.69 Å². The van der Waals surface area contributed by atoms with Crippen LogP contribution in [0.25, 0.3) is 0 Å². The zero-order chi connectivity index (χ0) is 31.6. The summed E-state index contributed by atoms with van der Waals surface area (Å²) in [6.07, 6.45) is 7.11. The Hall–Kier alpha value is -3.08. The maximum absolute atomic E-state index is 14.1. The number of carbonyl (C=O) groups is 2. The first kappa shape index (κ1) is 31.9. The van der Waals surface area contributed by atoms with E-state index in [1.807, 2.05) is 47.5 Å². The SMILES string of the molecule is Cc1csc([C@H]2CCCN2C(=O)c2cc(C(=O)C[C@@H](Cc3ccccc3)[C@H](O)C3CCCC3)cc(N3CCCCS3(=O)=O)c2)n1. The molecule has 1 amide bonds. The van der Waals surface area contributed by atoms with Crippen LogP contribution in [-0.2, 0) is 16.4 Å². The lowest BCUT2D eigenvalue weighted by atomic mass is 9.81. The van der Waals surface area contributed by atoms with Crippen molar-refractivity contribution in [1.29, 1.82) is 0 Å². The Kier molecular flexibility index (Phi) is 9.73. The fraction of sp³-hybridized carbons (Fsp3) is 0.514. The van der Waals surface area contributed by atoms with E-state index in [4.69, 9.17) is 0 Å². The van der Waals surface area contributed by atoms with Crippen LogP contribution < -0.4 is 4.31 Å². The molecule has 2 aliphatic heterocycles. The van der Waals surface area contributed by atoms with Crippen LogP contribution in [0.15, 0.2) is 53.9 Å². The molecule has 240 valence electrons. The summed E-state index contributed by atoms with van der Waals surface area (Å²) in [4.78, 5) is 34.7. The highest BCUT2D eigenvalue weighted by Gasteiger charge is 2.35. The van der Waals surface area contributed by atoms with Gasteiger partial charge in [0.15, 0.2) is 5.78 Å². The van der Waals surface area contributed by atoms with Gasteiger partial charge >= 0.3 is 0 Å². The van der Waals surface area contributed by atoms with Gasteiger partial charge in [-0.25, -0.2) is 13.4 Å². The smallest absolute Gasteiger partial charge is 0.254 e. The first-order chi connectivity index (χ1) is 21.7. The van der Waals surface area contributed by atoms with Gasteiger partial charge in [-0.2, -0.15) is 0 Å². The van der Waals surface area contributed by atoms with Crippen LogP contribution in [0.2, 0.25) is 0 Å². The second-order valence-corrected chi connectivity index (χ2v) is 15.9. The molecule has 3 heterocycles. The summed E-state index contributed by atoms with van der Waals surface area (Å²) in [6.45, 7) is 2.83. The second-order valence-electron chi connectivity index (χ2n) is 13.0. The molecule has 6 rings (SSSR count). The van der Waals surface area contributed by atoms with E-state index >= 15 is 0 Å². The van der Waals surface area contributed by atoms with Gasteiger partial charge in [-0.1, -0.05) is 43.2 Å². The number of ketones is 1. The van der Waals surface area contributed by atoms with Crippen molar-refractivity contribution >= 4 is 38.7 Å². The molecule has 0 unspecified atom stereocenters. The number of aliphatic hydroxyl groups is 1. The number of aryl methyl sites for hydroxylation is 1. The van der Waals surface area contributed by atoms with E-state index in [2.05, 4.69) is 4.98 Å². The number of amides is 1. The van der Waals surface area contributed by atoms with Gasteiger partial charge in [0.1, 0.15) is 5.01 Å². The average Bonchev–Trinajstić information content (AvgIpc) is 3.83. The maximum atomic E-state index is 14.1. The number of carbonyl (C=O) groups excluding carboxylic acids is 2. The maximum Gasteiger partial charge on any atom is 0.254 e. The van der Waals surface area contributed by atoms with Crippen molar-refractivity contribution in [3.63, 3.8) is 0 Å². The van der Waals surface area contributed by atoms with Gasteiger partial charge in [-0.3, -0.25) is 13.9 Å². The van der Waals surface area contributed by atoms with Gasteiger partial charge in [0, 0.05) is 41.7 Å². The van der Waals surface area contributed by atoms with E-state index in [1.165, 1.54) is 4.31 Å². The van der Waals surface area contributed by atoms with Crippen molar-refractivity contribution in [3.8, 4) is 0 Å². The lowest BCUT2D eigenvalue weighted by Crippen LogP contribution is -2.38. The van der Waals surface area contributed by atoms with Crippen LogP contribution in [-0.4, -0.2) is 60.0 Å². The minimum absolute atomic E-state index is 0.0405. The van der Waals surface area contributed by atoms with Crippen molar-refractivity contribution in [1.82, 2.24) is 9.88 Å². The highest BCUT2D eigenvalue weighted by atomic mass is 32.2. The number of rotatable bonds is 10. The molecule has 1 aromatic heterocycles. The molecule has 3 atom stereocenters. The Morgan fingerprint density at radius 3 is 2.44 bits per heavy atom. The summed E-state index contributed by atoms with van der Waals surface area (Å²) < 4.78 is 27.7. The normalized spacial score (nSPS) is 21.6. The number of benzene rings is 2. The predicted molar refractivity (Wildman–Crippen MR) is 177 cm³/mol. The number of aliphatic hydroxyl groups excluding tert-OH is 1. The number of Topliss-reactive ketones (excluding diaryl/α,β-unsaturated/α-hetero) is 1. The molecule has 1 N–H and O–H groups in total. The number of sulfonamides is 1. The van der Waals surface area contributed by atoms with Gasteiger partial charge in [0.25, 0.3) is 5.91 Å². The van der Waals surface area contributed by atoms with E-state index in [1.54, 1.807) is 29.5 Å². The minimum atomic E-state index is -3.57. The van der Waals surface area contributed by atoms with Crippen LogP contribution in [0.5, 0.6) is 0 Å². The Morgan fingerprint density at radius 1 is 0.978 bits per heavy atom. The summed E-state index contributed by atoms with van der Waals surface area (Å²) in [5.41, 5.74) is 2.97. The third-order valence-electron chi connectivity index (χ3n) is 9.71. The summed E-state index contributed by atoms with van der Waals surface area (Å²) in [7, 11) is -3.57. The largest absolute Gasteiger partial charge is 0.393 e. The van der Waals surface area contributed by atoms with Crippen LogP contribution >= 0.6 is 11.3 Å². The lowest BCUT2D eigenvalue weighted by molar-refractivity contribution is 0.0456. The van der Waals surface area contributed by atoms with Gasteiger partial charge in [-0.05, 0) is 87.5 Å². The summed E-state index contributed by atoms with van der Waals surface area (Å²) in [5.74, 6) is -0.497. The lowest BCUT2D eigenvalue weighted by Gasteiger charge is -2.30. The summed E-state index contributed by atoms with van der Waals surface area (Å²) in [6, 6.07) is 14.7. The molecule has 0 spiro atoms. The number of aromatic nitrogens is 1. The molecule has 0 radical (unpaired) electrons. The molecule has 1 saturated carbocycles. The van der Waals surface area contributed by atoms with Gasteiger partial charge in [0.05, 0.1) is 23.6 Å². The number of hydrogen-bond donors (Lipinski definition) is 1. The molecule has 3 aliphatic rings. The molecule has 2 aromatic carbocycles. The van der Waals surface area contributed by atoms with Gasteiger partial charge < -0.3 is 10.0 Å². The zero-order valence-corrected chi connectivity index (χ0v) is 27.6. The average molecular weight is 650 g/mol. The topological polar surface area (TPSA) is 108 Å². The summed E-state index contributed by atoms with van der Waals surface area (Å²) in [5, 5.41) is 14.4. The van der Waals surface area contributed by atoms with Crippen molar-refractivity contribution < 1.29 is 23.1 Å². The Morgan fingerprint density at radius 2 is 1.73 bits per heavy atom. The standard InChI is InChI=1S/C35H43N3O5S2/c1-24-23-44-34(36-24)31-14-9-15-37(31)35(41)29-19-27(20-30(21-29)38-16-7-8-17-45(38,42)43)32(39)22-28(18-25-10-3-2-4-11-25)33(40)26-12-5-6-13-26/h2-4,10-11,19-21,23,26,28,31,33,40H,5-9,12-18,22H2,1H3/t28-,31-,33-/m1/s1. The van der Waals surface area contributed by atoms with E-state index in [0.29, 0.717) is 49.2 Å². The minimum Gasteiger partial charge on any atom is -0.393 e. The Labute approximate surface area is 270 Å². The molecule has 2 saturated heterocycles. The Bertz CT molecular complexity index is 1620. The highest BCUT2D eigenvalue weighted by molar-refractivity contribution is 7.92. The molecule has 1 aliphatic carbocycles. The number of hydrogen-bond acceptors (Lipinski definition) is 7. The molecule has 10 heteroatoms. The van der Waals surface area contributed by atoms with Gasteiger partial charge in [-0.15, -0.1) is 11.3 Å². The van der Waals surface area contributed by atoms with Crippen molar-refractivity contribution in [3.05, 3.63) is 81.3 Å². The zero-order valence-electron chi connectivity index (χ0n) is 25.9. The molecular formula is C35H43N3O5S2. The third kappa shape index (κ3) is 7.18. The number of thiazole rings is 1. The number of nitrogens with zero attached hydrogens (tertiary/aromatic N) is 3. The van der Waals surface area contributed by atoms with Crippen molar-refractivity contribution in [2.24, 2.45) is 11.8 Å². The third-order valence-corrected chi connectivity index (χ3v) is 12.6. The van der Waals surface area contributed by atoms with Crippen LogP contribution in [0, 0.1) is 18.8 Å². The quantitative estimate of drug-likeness (QED) is 0.257. The van der Waals surface area contributed by atoms with Crippen LogP contribution in [0.3, 0.4) is 0 Å². The number of likely N-dealkylation sites (tertiary alicyclic amines) is 1. The van der Waals surface area contributed by atoms with Gasteiger partial charge in [0.2, 0.25) is 10.0 Å². The van der Waals surface area contributed by atoms with Crippen molar-refractivity contribution in [2.45, 2.75) is 83.3 Å². The highest BCUT2D eigenvalue weighted by Crippen LogP contribution is 2.37.